The zero-order valence-electron chi connectivity index (χ0n) is 13.1. The van der Waals surface area contributed by atoms with Crippen molar-refractivity contribution < 1.29 is 4.79 Å². The third kappa shape index (κ3) is 2.70. The van der Waals surface area contributed by atoms with E-state index in [0.717, 1.165) is 36.3 Å². The molecule has 0 aliphatic carbocycles. The minimum atomic E-state index is 0.124. The standard InChI is InChI=1S/C18H17ClN4O/c19-17-15-11-21-18(23(15)10-8-20-17)14-7-4-9-22(14)12-16(24)13-5-2-1-3-6-13/h1-3,5-6,8,10-11,14H,4,7,9,12H2/t14-/m0/s1. The number of hydrogen-bond acceptors (Lipinski definition) is 4. The van der Waals surface area contributed by atoms with Crippen LogP contribution in [0.2, 0.25) is 5.15 Å². The van der Waals surface area contributed by atoms with Gasteiger partial charge in [-0.3, -0.25) is 14.1 Å². The van der Waals surface area contributed by atoms with Crippen LogP contribution in [-0.4, -0.2) is 38.1 Å². The van der Waals surface area contributed by atoms with Crippen LogP contribution in [0.1, 0.15) is 35.1 Å². The van der Waals surface area contributed by atoms with Gasteiger partial charge < -0.3 is 0 Å². The number of carbonyl (C=O) groups is 1. The molecule has 0 N–H and O–H groups in total. The maximum absolute atomic E-state index is 12.5. The summed E-state index contributed by atoms with van der Waals surface area (Å²) in [5.74, 6) is 1.07. The first-order valence-corrected chi connectivity index (χ1v) is 8.41. The second kappa shape index (κ2) is 6.34. The van der Waals surface area contributed by atoms with Gasteiger partial charge in [0.15, 0.2) is 10.9 Å². The molecule has 122 valence electrons. The Morgan fingerprint density at radius 2 is 2.08 bits per heavy atom. The van der Waals surface area contributed by atoms with Crippen LogP contribution in [0.25, 0.3) is 5.52 Å². The number of likely N-dealkylation sites (tertiary alicyclic amines) is 1. The van der Waals surface area contributed by atoms with Gasteiger partial charge in [0.1, 0.15) is 11.3 Å². The van der Waals surface area contributed by atoms with E-state index >= 15 is 0 Å². The molecule has 6 heteroatoms. The second-order valence-electron chi connectivity index (χ2n) is 6.01. The highest BCUT2D eigenvalue weighted by atomic mass is 35.5. The van der Waals surface area contributed by atoms with Crippen molar-refractivity contribution in [3.05, 3.63) is 65.5 Å². The molecule has 1 fully saturated rings. The minimum absolute atomic E-state index is 0.124. The third-order valence-corrected chi connectivity index (χ3v) is 4.84. The van der Waals surface area contributed by atoms with Crippen molar-refractivity contribution in [2.24, 2.45) is 0 Å². The number of benzene rings is 1. The first-order chi connectivity index (χ1) is 11.7. The topological polar surface area (TPSA) is 50.5 Å². The van der Waals surface area contributed by atoms with Gasteiger partial charge in [-0.05, 0) is 19.4 Å². The highest BCUT2D eigenvalue weighted by Gasteiger charge is 2.30. The lowest BCUT2D eigenvalue weighted by molar-refractivity contribution is 0.0919. The molecule has 1 aromatic carbocycles. The normalized spacial score (nSPS) is 18.3. The molecule has 2 aromatic heterocycles. The maximum Gasteiger partial charge on any atom is 0.176 e. The number of carbonyl (C=O) groups excluding carboxylic acids is 1. The predicted octanol–water partition coefficient (Wildman–Crippen LogP) is 3.40. The lowest BCUT2D eigenvalue weighted by Crippen LogP contribution is -2.30. The number of nitrogens with zero attached hydrogens (tertiary/aromatic N) is 4. The Kier molecular flexibility index (Phi) is 4.04. The molecule has 24 heavy (non-hydrogen) atoms. The van der Waals surface area contributed by atoms with Crippen molar-refractivity contribution in [2.75, 3.05) is 13.1 Å². The molecule has 1 atom stereocenters. The van der Waals surface area contributed by atoms with E-state index in [1.165, 1.54) is 0 Å². The third-order valence-electron chi connectivity index (χ3n) is 4.54. The van der Waals surface area contributed by atoms with E-state index in [2.05, 4.69) is 14.9 Å². The summed E-state index contributed by atoms with van der Waals surface area (Å²) in [5, 5.41) is 0.446. The molecule has 3 aromatic rings. The van der Waals surface area contributed by atoms with Gasteiger partial charge in [0.2, 0.25) is 0 Å². The minimum Gasteiger partial charge on any atom is -0.298 e. The van der Waals surface area contributed by atoms with E-state index in [1.54, 1.807) is 12.4 Å². The molecule has 0 unspecified atom stereocenters. The number of halogens is 1. The lowest BCUT2D eigenvalue weighted by Gasteiger charge is -2.22. The molecular formula is C18H17ClN4O. The van der Waals surface area contributed by atoms with Crippen molar-refractivity contribution >= 4 is 22.9 Å². The molecule has 0 amide bonds. The van der Waals surface area contributed by atoms with E-state index in [-0.39, 0.29) is 11.8 Å². The summed E-state index contributed by atoms with van der Waals surface area (Å²) < 4.78 is 1.98. The molecule has 3 heterocycles. The van der Waals surface area contributed by atoms with E-state index in [9.17, 15) is 4.79 Å². The molecule has 5 nitrogen and oxygen atoms in total. The lowest BCUT2D eigenvalue weighted by atomic mass is 10.1. The summed E-state index contributed by atoms with van der Waals surface area (Å²) in [6.07, 6.45) is 7.34. The van der Waals surface area contributed by atoms with Gasteiger partial charge in [0.25, 0.3) is 0 Å². The largest absolute Gasteiger partial charge is 0.298 e. The van der Waals surface area contributed by atoms with Crippen molar-refractivity contribution in [1.29, 1.82) is 0 Å². The van der Waals surface area contributed by atoms with Crippen molar-refractivity contribution in [2.45, 2.75) is 18.9 Å². The molecule has 0 bridgehead atoms. The molecule has 0 radical (unpaired) electrons. The Morgan fingerprint density at radius 1 is 1.25 bits per heavy atom. The Balaban J connectivity index is 1.61. The van der Waals surface area contributed by atoms with Crippen LogP contribution < -0.4 is 0 Å². The van der Waals surface area contributed by atoms with Gasteiger partial charge in [-0.15, -0.1) is 0 Å². The highest BCUT2D eigenvalue weighted by molar-refractivity contribution is 6.32. The number of hydrogen-bond donors (Lipinski definition) is 0. The molecule has 4 rings (SSSR count). The van der Waals surface area contributed by atoms with Gasteiger partial charge in [-0.25, -0.2) is 9.97 Å². The van der Waals surface area contributed by atoms with Crippen molar-refractivity contribution in [3.8, 4) is 0 Å². The number of rotatable bonds is 4. The fourth-order valence-electron chi connectivity index (χ4n) is 3.37. The molecule has 1 aliphatic heterocycles. The molecular weight excluding hydrogens is 324 g/mol. The second-order valence-corrected chi connectivity index (χ2v) is 6.37. The van der Waals surface area contributed by atoms with Crippen LogP contribution in [0.15, 0.2) is 48.9 Å². The average Bonchev–Trinajstić information content (AvgIpc) is 3.23. The summed E-state index contributed by atoms with van der Waals surface area (Å²) in [7, 11) is 0. The first-order valence-electron chi connectivity index (χ1n) is 8.04. The maximum atomic E-state index is 12.5. The van der Waals surface area contributed by atoms with Crippen LogP contribution >= 0.6 is 11.6 Å². The Bertz CT molecular complexity index is 877. The molecule has 1 aliphatic rings. The van der Waals surface area contributed by atoms with Crippen LogP contribution in [0.5, 0.6) is 0 Å². The SMILES string of the molecule is O=C(CN1CCC[C@H]1c1ncc2c(Cl)nccn12)c1ccccc1. The Labute approximate surface area is 144 Å². The number of fused-ring (bicyclic) bond motifs is 1. The summed E-state index contributed by atoms with van der Waals surface area (Å²) >= 11 is 6.14. The fraction of sp³-hybridized carbons (Fsp3) is 0.278. The van der Waals surface area contributed by atoms with Crippen LogP contribution in [-0.2, 0) is 0 Å². The predicted molar refractivity (Wildman–Crippen MR) is 92.3 cm³/mol. The Hall–Kier alpha value is -2.24. The number of imidazole rings is 1. The molecule has 0 spiro atoms. The number of aromatic nitrogens is 3. The van der Waals surface area contributed by atoms with E-state index in [4.69, 9.17) is 11.6 Å². The summed E-state index contributed by atoms with van der Waals surface area (Å²) in [4.78, 5) is 23.4. The number of Topliss-reactive ketones (excluding diaryl/α,β-unsaturated/α-hetero) is 1. The quantitative estimate of drug-likeness (QED) is 0.683. The van der Waals surface area contributed by atoms with Crippen LogP contribution in [0.3, 0.4) is 0 Å². The van der Waals surface area contributed by atoms with E-state index in [1.807, 2.05) is 40.9 Å². The summed E-state index contributed by atoms with van der Waals surface area (Å²) in [6.45, 7) is 1.30. The Morgan fingerprint density at radius 3 is 2.92 bits per heavy atom. The van der Waals surface area contributed by atoms with E-state index in [0.29, 0.717) is 11.7 Å². The van der Waals surface area contributed by atoms with Gasteiger partial charge in [-0.2, -0.15) is 0 Å². The number of ketones is 1. The average molecular weight is 341 g/mol. The smallest absolute Gasteiger partial charge is 0.176 e. The van der Waals surface area contributed by atoms with Gasteiger partial charge in [0, 0.05) is 18.0 Å². The first kappa shape index (κ1) is 15.3. The highest BCUT2D eigenvalue weighted by Crippen LogP contribution is 2.32. The van der Waals surface area contributed by atoms with E-state index < -0.39 is 0 Å². The van der Waals surface area contributed by atoms with Gasteiger partial charge >= 0.3 is 0 Å². The van der Waals surface area contributed by atoms with Crippen LogP contribution in [0, 0.1) is 0 Å². The molecule has 0 saturated carbocycles. The van der Waals surface area contributed by atoms with Gasteiger partial charge in [-0.1, -0.05) is 41.9 Å². The summed E-state index contributed by atoms with van der Waals surface area (Å²) in [6, 6.07) is 9.56. The fourth-order valence-corrected chi connectivity index (χ4v) is 3.57. The monoisotopic (exact) mass is 340 g/mol. The molecule has 1 saturated heterocycles. The summed E-state index contributed by atoms with van der Waals surface area (Å²) in [5.41, 5.74) is 1.55. The van der Waals surface area contributed by atoms with Crippen LogP contribution in [0.4, 0.5) is 0 Å². The van der Waals surface area contributed by atoms with Gasteiger partial charge in [0.05, 0.1) is 18.8 Å². The zero-order chi connectivity index (χ0) is 16.5. The van der Waals surface area contributed by atoms with Crippen molar-refractivity contribution in [1.82, 2.24) is 19.3 Å². The van der Waals surface area contributed by atoms with Crippen molar-refractivity contribution in [3.63, 3.8) is 0 Å². The zero-order valence-corrected chi connectivity index (χ0v) is 13.9.